The summed E-state index contributed by atoms with van der Waals surface area (Å²) in [5.41, 5.74) is 2.77. The normalized spacial score (nSPS) is 11.3. The Balaban J connectivity index is 2.17. The van der Waals surface area contributed by atoms with Crippen molar-refractivity contribution in [2.24, 2.45) is 0 Å². The molecular formula is C19H26OS2. The van der Waals surface area contributed by atoms with Gasteiger partial charge in [0.2, 0.25) is 0 Å². The Hall–Kier alpha value is -0.930. The molecule has 3 heteroatoms. The fraction of sp³-hybridized carbons (Fsp3) is 0.526. The first-order valence-electron chi connectivity index (χ1n) is 8.30. The molecule has 0 aliphatic carbocycles. The van der Waals surface area contributed by atoms with Crippen LogP contribution in [0.25, 0.3) is 0 Å². The van der Waals surface area contributed by atoms with Crippen molar-refractivity contribution in [2.45, 2.75) is 65.2 Å². The van der Waals surface area contributed by atoms with Crippen molar-refractivity contribution in [3.8, 4) is 0 Å². The number of hydrogen-bond donors (Lipinski definition) is 0. The zero-order valence-corrected chi connectivity index (χ0v) is 15.5. The number of carbonyl (C=O) groups excluding carboxylic acids is 1. The lowest BCUT2D eigenvalue weighted by Crippen LogP contribution is -2.07. The van der Waals surface area contributed by atoms with Crippen molar-refractivity contribution in [3.05, 3.63) is 43.8 Å². The minimum Gasteiger partial charge on any atom is -0.299 e. The molecule has 0 aromatic carbocycles. The van der Waals surface area contributed by atoms with E-state index in [2.05, 4.69) is 36.7 Å². The fourth-order valence-corrected chi connectivity index (χ4v) is 4.97. The van der Waals surface area contributed by atoms with Crippen LogP contribution in [0.5, 0.6) is 0 Å². The summed E-state index contributed by atoms with van der Waals surface area (Å²) in [4.78, 5) is 14.6. The van der Waals surface area contributed by atoms with Crippen LogP contribution in [0.15, 0.2) is 22.9 Å². The molecule has 2 rings (SSSR count). The second-order valence-electron chi connectivity index (χ2n) is 5.97. The Bertz CT molecular complexity index is 548. The molecule has 1 nitrogen and oxygen atoms in total. The SMILES string of the molecule is CCCCc1csc(C(C(C)=O)c2cc(CCCC)cs2)c1. The fourth-order valence-electron chi connectivity index (χ4n) is 2.66. The zero-order chi connectivity index (χ0) is 15.9. The average molecular weight is 335 g/mol. The van der Waals surface area contributed by atoms with E-state index >= 15 is 0 Å². The highest BCUT2D eigenvalue weighted by atomic mass is 32.1. The van der Waals surface area contributed by atoms with Crippen molar-refractivity contribution in [1.82, 2.24) is 0 Å². The topological polar surface area (TPSA) is 17.1 Å². The van der Waals surface area contributed by atoms with Crippen LogP contribution in [0.1, 0.15) is 73.3 Å². The van der Waals surface area contributed by atoms with Gasteiger partial charge in [0.25, 0.3) is 0 Å². The van der Waals surface area contributed by atoms with Gasteiger partial charge < -0.3 is 0 Å². The van der Waals surface area contributed by atoms with E-state index in [4.69, 9.17) is 0 Å². The third kappa shape index (κ3) is 4.53. The van der Waals surface area contributed by atoms with Crippen molar-refractivity contribution in [2.75, 3.05) is 0 Å². The highest BCUT2D eigenvalue weighted by Crippen LogP contribution is 2.35. The van der Waals surface area contributed by atoms with Crippen LogP contribution in [0, 0.1) is 0 Å². The van der Waals surface area contributed by atoms with E-state index < -0.39 is 0 Å². The van der Waals surface area contributed by atoms with Gasteiger partial charge in [-0.05, 0) is 66.6 Å². The highest BCUT2D eigenvalue weighted by Gasteiger charge is 2.22. The van der Waals surface area contributed by atoms with Crippen LogP contribution in [-0.2, 0) is 17.6 Å². The molecule has 2 heterocycles. The molecule has 0 spiro atoms. The standard InChI is InChI=1S/C19H26OS2/c1-4-6-8-15-10-17(21-12-15)19(14(3)20)18-11-16(13-22-18)9-7-5-2/h10-13,19H,4-9H2,1-3H3. The van der Waals surface area contributed by atoms with Crippen molar-refractivity contribution < 1.29 is 4.79 Å². The predicted octanol–water partition coefficient (Wildman–Crippen LogP) is 6.22. The maximum absolute atomic E-state index is 12.2. The number of rotatable bonds is 9. The first kappa shape index (κ1) is 17.4. The second-order valence-corrected chi connectivity index (χ2v) is 7.85. The average Bonchev–Trinajstić information content (AvgIpc) is 3.13. The van der Waals surface area contributed by atoms with Gasteiger partial charge in [-0.2, -0.15) is 0 Å². The maximum atomic E-state index is 12.2. The summed E-state index contributed by atoms with van der Waals surface area (Å²) in [7, 11) is 0. The van der Waals surface area contributed by atoms with Crippen LogP contribution in [0.4, 0.5) is 0 Å². The number of unbranched alkanes of at least 4 members (excludes halogenated alkanes) is 2. The number of aryl methyl sites for hydroxylation is 2. The third-order valence-electron chi connectivity index (χ3n) is 3.96. The molecule has 0 radical (unpaired) electrons. The second kappa shape index (κ2) is 8.64. The number of Topliss-reactive ketones (excluding diaryl/α,β-unsaturated/α-hetero) is 1. The first-order valence-corrected chi connectivity index (χ1v) is 10.1. The molecule has 0 bridgehead atoms. The van der Waals surface area contributed by atoms with Crippen LogP contribution in [0.2, 0.25) is 0 Å². The summed E-state index contributed by atoms with van der Waals surface area (Å²) >= 11 is 3.49. The summed E-state index contributed by atoms with van der Waals surface area (Å²) in [6.07, 6.45) is 7.13. The number of thiophene rings is 2. The lowest BCUT2D eigenvalue weighted by Gasteiger charge is -2.09. The predicted molar refractivity (Wildman–Crippen MR) is 98.4 cm³/mol. The molecule has 120 valence electrons. The molecule has 0 amide bonds. The highest BCUT2D eigenvalue weighted by molar-refractivity contribution is 7.12. The monoisotopic (exact) mass is 334 g/mol. The van der Waals surface area contributed by atoms with Gasteiger partial charge in [0.05, 0.1) is 5.92 Å². The van der Waals surface area contributed by atoms with Crippen molar-refractivity contribution in [3.63, 3.8) is 0 Å². The first-order chi connectivity index (χ1) is 10.7. The third-order valence-corrected chi connectivity index (χ3v) is 6.05. The molecule has 2 aromatic rings. The molecule has 2 aromatic heterocycles. The van der Waals surface area contributed by atoms with Crippen molar-refractivity contribution >= 4 is 28.5 Å². The van der Waals surface area contributed by atoms with Crippen LogP contribution in [-0.4, -0.2) is 5.78 Å². The van der Waals surface area contributed by atoms with Crippen LogP contribution >= 0.6 is 22.7 Å². The summed E-state index contributed by atoms with van der Waals surface area (Å²) in [5.74, 6) is 0.202. The smallest absolute Gasteiger partial charge is 0.143 e. The summed E-state index contributed by atoms with van der Waals surface area (Å²) in [6, 6.07) is 4.50. The quantitative estimate of drug-likeness (QED) is 0.532. The lowest BCUT2D eigenvalue weighted by atomic mass is 9.99. The van der Waals surface area contributed by atoms with Gasteiger partial charge in [-0.1, -0.05) is 26.7 Å². The van der Waals surface area contributed by atoms with Crippen molar-refractivity contribution in [1.29, 1.82) is 0 Å². The molecule has 0 N–H and O–H groups in total. The maximum Gasteiger partial charge on any atom is 0.143 e. The van der Waals surface area contributed by atoms with E-state index in [9.17, 15) is 4.79 Å². The molecule has 0 aliphatic rings. The van der Waals surface area contributed by atoms with Crippen LogP contribution in [0.3, 0.4) is 0 Å². The van der Waals surface area contributed by atoms with Gasteiger partial charge in [-0.25, -0.2) is 0 Å². The molecule has 22 heavy (non-hydrogen) atoms. The van der Waals surface area contributed by atoms with E-state index in [1.54, 1.807) is 29.6 Å². The largest absolute Gasteiger partial charge is 0.299 e. The van der Waals surface area contributed by atoms with Gasteiger partial charge in [-0.3, -0.25) is 4.79 Å². The molecule has 0 atom stereocenters. The van der Waals surface area contributed by atoms with Gasteiger partial charge >= 0.3 is 0 Å². The van der Waals surface area contributed by atoms with Gasteiger partial charge in [0.1, 0.15) is 5.78 Å². The minimum atomic E-state index is -0.0549. The van der Waals surface area contributed by atoms with E-state index in [1.165, 1.54) is 46.6 Å². The number of ketones is 1. The Morgan fingerprint density at radius 2 is 1.41 bits per heavy atom. The Morgan fingerprint density at radius 3 is 1.77 bits per heavy atom. The summed E-state index contributed by atoms with van der Waals surface area (Å²) < 4.78 is 0. The molecule has 0 saturated carbocycles. The van der Waals surface area contributed by atoms with Gasteiger partial charge in [0.15, 0.2) is 0 Å². The summed E-state index contributed by atoms with van der Waals surface area (Å²) in [6.45, 7) is 6.16. The molecule has 0 aliphatic heterocycles. The molecule has 0 fully saturated rings. The molecular weight excluding hydrogens is 308 g/mol. The number of hydrogen-bond acceptors (Lipinski definition) is 3. The van der Waals surface area contributed by atoms with E-state index in [1.807, 2.05) is 0 Å². The Kier molecular flexibility index (Phi) is 6.84. The van der Waals surface area contributed by atoms with Gasteiger partial charge in [-0.15, -0.1) is 22.7 Å². The van der Waals surface area contributed by atoms with E-state index in [0.29, 0.717) is 0 Å². The zero-order valence-electron chi connectivity index (χ0n) is 13.9. The van der Waals surface area contributed by atoms with E-state index in [-0.39, 0.29) is 11.7 Å². The molecule has 0 unspecified atom stereocenters. The minimum absolute atomic E-state index is 0.0549. The Labute approximate surface area is 142 Å². The lowest BCUT2D eigenvalue weighted by molar-refractivity contribution is -0.117. The Morgan fingerprint density at radius 1 is 0.955 bits per heavy atom. The van der Waals surface area contributed by atoms with E-state index in [0.717, 1.165) is 12.8 Å². The van der Waals surface area contributed by atoms with Gasteiger partial charge in [0, 0.05) is 9.75 Å². The summed E-state index contributed by atoms with van der Waals surface area (Å²) in [5, 5.41) is 4.46. The molecule has 0 saturated heterocycles. The number of carbonyl (C=O) groups is 1. The van der Waals surface area contributed by atoms with Crippen LogP contribution < -0.4 is 0 Å².